The van der Waals surface area contributed by atoms with Crippen molar-refractivity contribution in [1.29, 1.82) is 0 Å². The number of carbonyl (C=O) groups is 1. The quantitative estimate of drug-likeness (QED) is 0.726. The van der Waals surface area contributed by atoms with E-state index in [9.17, 15) is 4.79 Å². The first-order chi connectivity index (χ1) is 10.2. The van der Waals surface area contributed by atoms with Crippen LogP contribution < -0.4 is 10.6 Å². The summed E-state index contributed by atoms with van der Waals surface area (Å²) in [6, 6.07) is 9.53. The van der Waals surface area contributed by atoms with Crippen molar-refractivity contribution in [3.63, 3.8) is 0 Å². The molecule has 21 heavy (non-hydrogen) atoms. The Hall–Kier alpha value is -1.85. The number of amides is 1. The molecule has 5 nitrogen and oxygen atoms in total. The van der Waals surface area contributed by atoms with Crippen LogP contribution in [0.15, 0.2) is 42.7 Å². The summed E-state index contributed by atoms with van der Waals surface area (Å²) in [6.07, 6.45) is 4.44. The second kappa shape index (κ2) is 8.44. The van der Waals surface area contributed by atoms with Gasteiger partial charge < -0.3 is 10.6 Å². The van der Waals surface area contributed by atoms with E-state index < -0.39 is 0 Å². The van der Waals surface area contributed by atoms with Crippen LogP contribution in [-0.2, 0) is 17.8 Å². The molecular formula is C15H19ClN4O. The van der Waals surface area contributed by atoms with Gasteiger partial charge in [0.15, 0.2) is 0 Å². The van der Waals surface area contributed by atoms with E-state index in [-0.39, 0.29) is 5.91 Å². The molecule has 2 rings (SSSR count). The normalized spacial score (nSPS) is 10.5. The third-order valence-electron chi connectivity index (χ3n) is 3.01. The van der Waals surface area contributed by atoms with E-state index in [4.69, 9.17) is 11.6 Å². The van der Waals surface area contributed by atoms with Crippen molar-refractivity contribution < 1.29 is 4.79 Å². The highest BCUT2D eigenvalue weighted by Gasteiger charge is 2.00. The van der Waals surface area contributed by atoms with Crippen molar-refractivity contribution in [2.45, 2.75) is 13.0 Å². The lowest BCUT2D eigenvalue weighted by atomic mass is 10.1. The third kappa shape index (κ3) is 5.97. The number of nitrogens with zero attached hydrogens (tertiary/aromatic N) is 2. The molecule has 0 atom stereocenters. The minimum absolute atomic E-state index is 0.00410. The number of rotatable bonds is 8. The van der Waals surface area contributed by atoms with E-state index in [0.717, 1.165) is 23.6 Å². The van der Waals surface area contributed by atoms with Gasteiger partial charge in [-0.15, -0.1) is 0 Å². The summed E-state index contributed by atoms with van der Waals surface area (Å²) in [4.78, 5) is 11.6. The molecule has 1 heterocycles. The first-order valence-corrected chi connectivity index (χ1v) is 7.31. The van der Waals surface area contributed by atoms with Crippen LogP contribution in [0.5, 0.6) is 0 Å². The van der Waals surface area contributed by atoms with Gasteiger partial charge in [-0.25, -0.2) is 0 Å². The molecule has 0 fully saturated rings. The SMILES string of the molecule is O=C(CNCCn1cccn1)NCCc1ccc(Cl)cc1. The maximum Gasteiger partial charge on any atom is 0.233 e. The van der Waals surface area contributed by atoms with Crippen LogP contribution in [-0.4, -0.2) is 35.3 Å². The van der Waals surface area contributed by atoms with Crippen LogP contribution in [0.25, 0.3) is 0 Å². The van der Waals surface area contributed by atoms with Crippen molar-refractivity contribution in [2.75, 3.05) is 19.6 Å². The van der Waals surface area contributed by atoms with Gasteiger partial charge in [-0.3, -0.25) is 9.48 Å². The number of halogens is 1. The van der Waals surface area contributed by atoms with Crippen molar-refractivity contribution >= 4 is 17.5 Å². The molecule has 0 aliphatic rings. The van der Waals surface area contributed by atoms with Gasteiger partial charge >= 0.3 is 0 Å². The van der Waals surface area contributed by atoms with Gasteiger partial charge in [-0.2, -0.15) is 5.10 Å². The zero-order valence-corrected chi connectivity index (χ0v) is 12.5. The summed E-state index contributed by atoms with van der Waals surface area (Å²) < 4.78 is 1.82. The molecule has 1 aromatic heterocycles. The standard InChI is InChI=1S/C15H19ClN4O/c16-14-4-2-13(3-5-14)6-8-18-15(21)12-17-9-11-20-10-1-7-19-20/h1-5,7,10,17H,6,8-9,11-12H2,(H,18,21). The maximum atomic E-state index is 11.6. The number of carbonyl (C=O) groups excluding carboxylic acids is 1. The van der Waals surface area contributed by atoms with Gasteiger partial charge in [-0.1, -0.05) is 23.7 Å². The first-order valence-electron chi connectivity index (χ1n) is 6.93. The number of hydrogen-bond donors (Lipinski definition) is 2. The van der Waals surface area contributed by atoms with E-state index in [1.54, 1.807) is 6.20 Å². The molecule has 6 heteroatoms. The molecule has 2 aromatic rings. The summed E-state index contributed by atoms with van der Waals surface area (Å²) in [6.45, 7) is 2.42. The van der Waals surface area contributed by atoms with Crippen LogP contribution in [0.2, 0.25) is 5.02 Å². The molecule has 0 saturated carbocycles. The van der Waals surface area contributed by atoms with Crippen molar-refractivity contribution in [1.82, 2.24) is 20.4 Å². The van der Waals surface area contributed by atoms with Crippen LogP contribution in [0.3, 0.4) is 0 Å². The first kappa shape index (κ1) is 15.5. The van der Waals surface area contributed by atoms with Gasteiger partial charge in [0.05, 0.1) is 13.1 Å². The van der Waals surface area contributed by atoms with Crippen LogP contribution in [0.1, 0.15) is 5.56 Å². The monoisotopic (exact) mass is 306 g/mol. The third-order valence-corrected chi connectivity index (χ3v) is 3.26. The highest BCUT2D eigenvalue weighted by atomic mass is 35.5. The lowest BCUT2D eigenvalue weighted by Gasteiger charge is -2.07. The van der Waals surface area contributed by atoms with E-state index in [1.807, 2.05) is 41.2 Å². The molecule has 0 aliphatic carbocycles. The van der Waals surface area contributed by atoms with Gasteiger partial charge in [-0.05, 0) is 30.2 Å². The smallest absolute Gasteiger partial charge is 0.233 e. The average Bonchev–Trinajstić information content (AvgIpc) is 2.99. The molecule has 0 radical (unpaired) electrons. The van der Waals surface area contributed by atoms with Crippen molar-refractivity contribution in [3.05, 3.63) is 53.3 Å². The molecule has 1 amide bonds. The fraction of sp³-hybridized carbons (Fsp3) is 0.333. The Morgan fingerprint density at radius 3 is 2.76 bits per heavy atom. The van der Waals surface area contributed by atoms with Crippen molar-refractivity contribution in [2.24, 2.45) is 0 Å². The molecule has 1 aromatic carbocycles. The Morgan fingerprint density at radius 1 is 1.24 bits per heavy atom. The lowest BCUT2D eigenvalue weighted by Crippen LogP contribution is -2.36. The lowest BCUT2D eigenvalue weighted by molar-refractivity contribution is -0.120. The summed E-state index contributed by atoms with van der Waals surface area (Å²) in [7, 11) is 0. The van der Waals surface area contributed by atoms with E-state index in [2.05, 4.69) is 15.7 Å². The number of hydrogen-bond acceptors (Lipinski definition) is 3. The molecular weight excluding hydrogens is 288 g/mol. The molecule has 0 saturated heterocycles. The highest BCUT2D eigenvalue weighted by molar-refractivity contribution is 6.30. The Bertz CT molecular complexity index is 539. The van der Waals surface area contributed by atoms with Crippen LogP contribution in [0, 0.1) is 0 Å². The minimum Gasteiger partial charge on any atom is -0.355 e. The molecule has 0 spiro atoms. The maximum absolute atomic E-state index is 11.6. The van der Waals surface area contributed by atoms with E-state index in [1.165, 1.54) is 0 Å². The van der Waals surface area contributed by atoms with E-state index in [0.29, 0.717) is 19.6 Å². The summed E-state index contributed by atoms with van der Waals surface area (Å²) >= 11 is 5.82. The number of aromatic nitrogens is 2. The average molecular weight is 307 g/mol. The Labute approximate surface area is 129 Å². The zero-order chi connectivity index (χ0) is 14.9. The Kier molecular flexibility index (Phi) is 6.24. The summed E-state index contributed by atoms with van der Waals surface area (Å²) in [5.74, 6) is 0.00410. The van der Waals surface area contributed by atoms with Gasteiger partial charge in [0, 0.05) is 30.5 Å². The molecule has 0 unspecified atom stereocenters. The predicted octanol–water partition coefficient (Wildman–Crippen LogP) is 1.48. The molecule has 0 aliphatic heterocycles. The minimum atomic E-state index is 0.00410. The zero-order valence-electron chi connectivity index (χ0n) is 11.8. The fourth-order valence-electron chi connectivity index (χ4n) is 1.89. The van der Waals surface area contributed by atoms with Gasteiger partial charge in [0.25, 0.3) is 0 Å². The Morgan fingerprint density at radius 2 is 2.05 bits per heavy atom. The van der Waals surface area contributed by atoms with Crippen LogP contribution >= 0.6 is 11.6 Å². The highest BCUT2D eigenvalue weighted by Crippen LogP contribution is 2.09. The fourth-order valence-corrected chi connectivity index (χ4v) is 2.01. The second-order valence-electron chi connectivity index (χ2n) is 4.67. The van der Waals surface area contributed by atoms with E-state index >= 15 is 0 Å². The summed E-state index contributed by atoms with van der Waals surface area (Å²) in [5, 5.41) is 10.8. The number of nitrogens with one attached hydrogen (secondary N) is 2. The predicted molar refractivity (Wildman–Crippen MR) is 83.3 cm³/mol. The molecule has 112 valence electrons. The number of benzene rings is 1. The van der Waals surface area contributed by atoms with Crippen LogP contribution in [0.4, 0.5) is 0 Å². The topological polar surface area (TPSA) is 59.0 Å². The molecule has 2 N–H and O–H groups in total. The summed E-state index contributed by atoms with van der Waals surface area (Å²) in [5.41, 5.74) is 1.16. The van der Waals surface area contributed by atoms with Gasteiger partial charge in [0.2, 0.25) is 5.91 Å². The van der Waals surface area contributed by atoms with Gasteiger partial charge in [0.1, 0.15) is 0 Å². The largest absolute Gasteiger partial charge is 0.355 e. The van der Waals surface area contributed by atoms with Crippen molar-refractivity contribution in [3.8, 4) is 0 Å². The second-order valence-corrected chi connectivity index (χ2v) is 5.11. The molecule has 0 bridgehead atoms. The Balaban J connectivity index is 1.54.